The number of hydrogen-bond acceptors (Lipinski definition) is 5. The van der Waals surface area contributed by atoms with Crippen molar-refractivity contribution >= 4 is 39.9 Å². The van der Waals surface area contributed by atoms with E-state index in [1.807, 2.05) is 0 Å². The van der Waals surface area contributed by atoms with Crippen molar-refractivity contribution in [3.05, 3.63) is 24.3 Å². The smallest absolute Gasteiger partial charge is 0.301 e. The lowest BCUT2D eigenvalue weighted by Gasteiger charge is -2.39. The molecule has 0 spiro atoms. The maximum atomic E-state index is 12.6. The molecule has 27 heavy (non-hydrogen) atoms. The van der Waals surface area contributed by atoms with Crippen molar-refractivity contribution in [3.63, 3.8) is 0 Å². The van der Waals surface area contributed by atoms with Crippen molar-refractivity contribution in [2.75, 3.05) is 37.3 Å². The lowest BCUT2D eigenvalue weighted by atomic mass is 9.82. The first kappa shape index (κ1) is 21.9. The summed E-state index contributed by atoms with van der Waals surface area (Å²) in [4.78, 5) is 12.6. The predicted molar refractivity (Wildman–Crippen MR) is 107 cm³/mol. The molecule has 0 radical (unpaired) electrons. The molecule has 8 nitrogen and oxygen atoms in total. The summed E-state index contributed by atoms with van der Waals surface area (Å²) >= 11 is 0. The highest BCUT2D eigenvalue weighted by atomic mass is 35.5. The third-order valence-electron chi connectivity index (χ3n) is 4.86. The molecular weight excluding hydrogens is 392 g/mol. The summed E-state index contributed by atoms with van der Waals surface area (Å²) < 4.78 is 33.2. The molecule has 1 saturated carbocycles. The molecule has 3 N–H and O–H groups in total. The second-order valence-corrected chi connectivity index (χ2v) is 8.82. The molecule has 152 valence electrons. The number of halogens is 1. The van der Waals surface area contributed by atoms with Crippen LogP contribution in [0.25, 0.3) is 0 Å². The standard InChI is InChI=1S/C17H26N4O4S.ClH/c1-21(2)26(23,24)20-14-5-3-4-13(11-14)19-17(22)12-6-7-16-15(10-12)18-8-9-25-16;/h3-5,11-12,15-16,18,20H,6-10H2,1-2H3,(H,19,22);1H/t12-,15+,16+;/m0./s1. The number of morpholine rings is 1. The Morgan fingerprint density at radius 3 is 2.74 bits per heavy atom. The molecule has 1 heterocycles. The molecule has 0 aromatic heterocycles. The number of hydrogen-bond donors (Lipinski definition) is 3. The molecule has 1 aromatic rings. The van der Waals surface area contributed by atoms with E-state index in [1.54, 1.807) is 24.3 Å². The second kappa shape index (κ2) is 9.20. The maximum Gasteiger partial charge on any atom is 0.301 e. The van der Waals surface area contributed by atoms with Gasteiger partial charge in [0.05, 0.1) is 18.4 Å². The summed E-state index contributed by atoms with van der Waals surface area (Å²) in [5.74, 6) is -0.115. The van der Waals surface area contributed by atoms with Crippen LogP contribution in [0, 0.1) is 5.92 Å². The topological polar surface area (TPSA) is 99.8 Å². The van der Waals surface area contributed by atoms with Crippen LogP contribution in [-0.4, -0.2) is 58.0 Å². The number of amides is 1. The van der Waals surface area contributed by atoms with Gasteiger partial charge in [-0.25, -0.2) is 0 Å². The zero-order valence-corrected chi connectivity index (χ0v) is 17.1. The third kappa shape index (κ3) is 5.55. The number of anilines is 2. The predicted octanol–water partition coefficient (Wildman–Crippen LogP) is 1.42. The highest BCUT2D eigenvalue weighted by molar-refractivity contribution is 7.90. The van der Waals surface area contributed by atoms with Crippen LogP contribution in [0.4, 0.5) is 11.4 Å². The Morgan fingerprint density at radius 1 is 1.26 bits per heavy atom. The summed E-state index contributed by atoms with van der Waals surface area (Å²) in [6.07, 6.45) is 2.63. The van der Waals surface area contributed by atoms with E-state index in [2.05, 4.69) is 15.4 Å². The number of nitrogens with zero attached hydrogens (tertiary/aromatic N) is 1. The number of ether oxygens (including phenoxy) is 1. The van der Waals surface area contributed by atoms with Crippen molar-refractivity contribution in [2.45, 2.75) is 31.4 Å². The zero-order valence-electron chi connectivity index (χ0n) is 15.5. The minimum Gasteiger partial charge on any atom is -0.375 e. The molecule has 1 aliphatic heterocycles. The molecule has 2 fully saturated rings. The number of rotatable bonds is 5. The van der Waals surface area contributed by atoms with Crippen LogP contribution in [-0.2, 0) is 19.7 Å². The van der Waals surface area contributed by atoms with Gasteiger partial charge in [-0.3, -0.25) is 9.52 Å². The SMILES string of the molecule is CN(C)S(=O)(=O)Nc1cccc(NC(=O)[C@H]2CC[C@H]3OCCN[C@@H]3C2)c1.Cl. The van der Waals surface area contributed by atoms with Crippen LogP contribution >= 0.6 is 12.4 Å². The zero-order chi connectivity index (χ0) is 18.7. The Balaban J connectivity index is 0.00000261. The molecule has 3 atom stereocenters. The molecule has 10 heteroatoms. The van der Waals surface area contributed by atoms with Gasteiger partial charge in [-0.1, -0.05) is 6.07 Å². The normalized spacial score (nSPS) is 25.2. The van der Waals surface area contributed by atoms with Crippen LogP contribution in [0.3, 0.4) is 0 Å². The molecule has 1 saturated heterocycles. The van der Waals surface area contributed by atoms with E-state index in [-0.39, 0.29) is 36.4 Å². The highest BCUT2D eigenvalue weighted by Gasteiger charge is 2.35. The quantitative estimate of drug-likeness (QED) is 0.671. The van der Waals surface area contributed by atoms with Crippen molar-refractivity contribution in [1.29, 1.82) is 0 Å². The first-order valence-corrected chi connectivity index (χ1v) is 10.3. The molecule has 2 aliphatic rings. The first-order valence-electron chi connectivity index (χ1n) is 8.81. The average Bonchev–Trinajstić information content (AvgIpc) is 2.61. The van der Waals surface area contributed by atoms with Crippen molar-refractivity contribution in [3.8, 4) is 0 Å². The monoisotopic (exact) mass is 418 g/mol. The lowest BCUT2D eigenvalue weighted by molar-refractivity contribution is -0.123. The van der Waals surface area contributed by atoms with E-state index in [9.17, 15) is 13.2 Å². The Morgan fingerprint density at radius 2 is 2.00 bits per heavy atom. The highest BCUT2D eigenvalue weighted by Crippen LogP contribution is 2.29. The van der Waals surface area contributed by atoms with E-state index in [0.29, 0.717) is 11.4 Å². The number of carbonyl (C=O) groups excluding carboxylic acids is 1. The Kier molecular flexibility index (Phi) is 7.47. The minimum absolute atomic E-state index is 0. The van der Waals surface area contributed by atoms with E-state index in [1.165, 1.54) is 14.1 Å². The Bertz CT molecular complexity index is 759. The number of carbonyl (C=O) groups is 1. The van der Waals surface area contributed by atoms with Gasteiger partial charge in [0.1, 0.15) is 0 Å². The average molecular weight is 419 g/mol. The van der Waals surface area contributed by atoms with Gasteiger partial charge in [-0.05, 0) is 37.5 Å². The molecule has 1 aliphatic carbocycles. The van der Waals surface area contributed by atoms with Crippen LogP contribution in [0.1, 0.15) is 19.3 Å². The van der Waals surface area contributed by atoms with Gasteiger partial charge in [-0.15, -0.1) is 12.4 Å². The summed E-state index contributed by atoms with van der Waals surface area (Å²) in [7, 11) is -0.678. The van der Waals surface area contributed by atoms with Crippen molar-refractivity contribution in [1.82, 2.24) is 9.62 Å². The Hall–Kier alpha value is -1.39. The fourth-order valence-corrected chi connectivity index (χ4v) is 4.00. The number of benzene rings is 1. The Labute approximate surface area is 166 Å². The minimum atomic E-state index is -3.58. The van der Waals surface area contributed by atoms with Gasteiger partial charge in [-0.2, -0.15) is 12.7 Å². The summed E-state index contributed by atoms with van der Waals surface area (Å²) in [5.41, 5.74) is 0.978. The van der Waals surface area contributed by atoms with Crippen LogP contribution in [0.2, 0.25) is 0 Å². The fraction of sp³-hybridized carbons (Fsp3) is 0.588. The third-order valence-corrected chi connectivity index (χ3v) is 6.31. The van der Waals surface area contributed by atoms with Gasteiger partial charge >= 0.3 is 10.2 Å². The van der Waals surface area contributed by atoms with Crippen LogP contribution in [0.5, 0.6) is 0 Å². The molecule has 3 rings (SSSR count). The largest absolute Gasteiger partial charge is 0.375 e. The molecular formula is C17H27ClN4O4S. The van der Waals surface area contributed by atoms with Gasteiger partial charge in [0.15, 0.2) is 0 Å². The van der Waals surface area contributed by atoms with Gasteiger partial charge < -0.3 is 15.4 Å². The first-order chi connectivity index (χ1) is 12.3. The van der Waals surface area contributed by atoms with Crippen molar-refractivity contribution < 1.29 is 17.9 Å². The van der Waals surface area contributed by atoms with Crippen LogP contribution < -0.4 is 15.4 Å². The van der Waals surface area contributed by atoms with Gasteiger partial charge in [0, 0.05) is 38.3 Å². The number of fused-ring (bicyclic) bond motifs is 1. The summed E-state index contributed by atoms with van der Waals surface area (Å²) in [5, 5.41) is 6.34. The summed E-state index contributed by atoms with van der Waals surface area (Å²) in [6, 6.07) is 6.94. The van der Waals surface area contributed by atoms with Crippen LogP contribution in [0.15, 0.2) is 24.3 Å². The summed E-state index contributed by atoms with van der Waals surface area (Å²) in [6.45, 7) is 1.55. The maximum absolute atomic E-state index is 12.6. The molecule has 1 amide bonds. The molecule has 0 bridgehead atoms. The van der Waals surface area contributed by atoms with E-state index in [4.69, 9.17) is 4.74 Å². The van der Waals surface area contributed by atoms with Crippen molar-refractivity contribution in [2.24, 2.45) is 5.92 Å². The fourth-order valence-electron chi connectivity index (χ4n) is 3.39. The van der Waals surface area contributed by atoms with E-state index < -0.39 is 10.2 Å². The second-order valence-electron chi connectivity index (χ2n) is 6.94. The van der Waals surface area contributed by atoms with Gasteiger partial charge in [0.2, 0.25) is 5.91 Å². The molecule has 1 aromatic carbocycles. The molecule has 0 unspecified atom stereocenters. The van der Waals surface area contributed by atoms with Gasteiger partial charge in [0.25, 0.3) is 0 Å². The lowest BCUT2D eigenvalue weighted by Crippen LogP contribution is -2.52. The van der Waals surface area contributed by atoms with E-state index >= 15 is 0 Å². The van der Waals surface area contributed by atoms with E-state index in [0.717, 1.165) is 36.7 Å². The number of nitrogens with one attached hydrogen (secondary N) is 3.